The third kappa shape index (κ3) is 11.8. The van der Waals surface area contributed by atoms with Gasteiger partial charge in [0.2, 0.25) is 0 Å². The quantitative estimate of drug-likeness (QED) is 0.0989. The summed E-state index contributed by atoms with van der Waals surface area (Å²) in [5.74, 6) is -1.04. The van der Waals surface area contributed by atoms with E-state index in [4.69, 9.17) is 18.9 Å². The van der Waals surface area contributed by atoms with E-state index in [2.05, 4.69) is 30.3 Å². The normalized spacial score (nSPS) is 17.1. The Labute approximate surface area is 264 Å². The molecule has 44 heavy (non-hydrogen) atoms. The molecule has 0 fully saturated rings. The van der Waals surface area contributed by atoms with Gasteiger partial charge in [-0.15, -0.1) is 0 Å². The molecule has 2 N–H and O–H groups in total. The van der Waals surface area contributed by atoms with Crippen molar-refractivity contribution in [1.29, 1.82) is 0 Å². The lowest BCUT2D eigenvalue weighted by Crippen LogP contribution is -2.47. The molecule has 0 aromatic heterocycles. The lowest BCUT2D eigenvalue weighted by molar-refractivity contribution is -0.179. The summed E-state index contributed by atoms with van der Waals surface area (Å²) in [4.78, 5) is 28.5. The second kappa shape index (κ2) is 19.7. The first kappa shape index (κ1) is 38.5. The number of aliphatic hydroxyl groups is 1. The molecule has 1 aliphatic heterocycles. The standard InChI is InChI=1S/C35H54N2O7/c1-11-15-17-27(13-3)18-16-19-35(40,22-32(38)42-10)34(39)44-33(30(14-4)41-9)29(23-37(8)20-12-2)28(25(5)6)21-31-26(7)36-24-43-31/h11,13-15,17,21,29,33,36,40H,3,5,12,16,18-20,22-24H2,1-2,4,6-10H3/b15-11-,27-17+,28-21+,30-14+/t29?,33?,35-/m1/s1. The molecular formula is C35H54N2O7. The number of carbonyl (C=O) groups is 2. The fourth-order valence-corrected chi connectivity index (χ4v) is 5.01. The van der Waals surface area contributed by atoms with Gasteiger partial charge in [0.05, 0.1) is 26.3 Å². The summed E-state index contributed by atoms with van der Waals surface area (Å²) in [5.41, 5.74) is 1.26. The van der Waals surface area contributed by atoms with E-state index in [0.717, 1.165) is 35.4 Å². The highest BCUT2D eigenvalue weighted by molar-refractivity contribution is 5.85. The Kier molecular flexibility index (Phi) is 17.2. The van der Waals surface area contributed by atoms with Crippen molar-refractivity contribution in [2.24, 2.45) is 5.92 Å². The molecule has 0 aromatic carbocycles. The van der Waals surface area contributed by atoms with Gasteiger partial charge in [0.25, 0.3) is 0 Å². The number of ether oxygens (including phenoxy) is 4. The lowest BCUT2D eigenvalue weighted by Gasteiger charge is -2.35. The predicted molar refractivity (Wildman–Crippen MR) is 175 cm³/mol. The van der Waals surface area contributed by atoms with Crippen LogP contribution in [-0.4, -0.2) is 74.7 Å². The van der Waals surface area contributed by atoms with Crippen molar-refractivity contribution < 1.29 is 33.6 Å². The van der Waals surface area contributed by atoms with Gasteiger partial charge < -0.3 is 34.3 Å². The Morgan fingerprint density at radius 3 is 2.45 bits per heavy atom. The summed E-state index contributed by atoms with van der Waals surface area (Å²) in [6.07, 6.45) is 11.4. The number of rotatable bonds is 20. The van der Waals surface area contributed by atoms with Crippen molar-refractivity contribution in [3.05, 3.63) is 83.5 Å². The minimum absolute atomic E-state index is 0.0258. The molecule has 1 aliphatic rings. The maximum absolute atomic E-state index is 14.0. The van der Waals surface area contributed by atoms with E-state index in [0.29, 0.717) is 37.6 Å². The summed E-state index contributed by atoms with van der Waals surface area (Å²) in [5, 5.41) is 14.9. The molecule has 9 nitrogen and oxygen atoms in total. The van der Waals surface area contributed by atoms with E-state index >= 15 is 0 Å². The average Bonchev–Trinajstić information content (AvgIpc) is 3.40. The molecule has 1 heterocycles. The first-order chi connectivity index (χ1) is 20.9. The monoisotopic (exact) mass is 614 g/mol. The van der Waals surface area contributed by atoms with Gasteiger partial charge in [0.15, 0.2) is 18.4 Å². The maximum atomic E-state index is 14.0. The Hall–Kier alpha value is -3.56. The second-order valence-electron chi connectivity index (χ2n) is 11.0. The van der Waals surface area contributed by atoms with E-state index in [9.17, 15) is 14.7 Å². The van der Waals surface area contributed by atoms with Gasteiger partial charge in [-0.1, -0.05) is 50.0 Å². The average molecular weight is 615 g/mol. The van der Waals surface area contributed by atoms with Crippen LogP contribution in [0.25, 0.3) is 0 Å². The van der Waals surface area contributed by atoms with Crippen LogP contribution in [0, 0.1) is 5.92 Å². The fourth-order valence-electron chi connectivity index (χ4n) is 5.01. The molecule has 0 spiro atoms. The van der Waals surface area contributed by atoms with E-state index in [1.54, 1.807) is 19.1 Å². The molecule has 0 saturated heterocycles. The van der Waals surface area contributed by atoms with Gasteiger partial charge in [0.1, 0.15) is 11.5 Å². The molecular weight excluding hydrogens is 560 g/mol. The number of nitrogens with one attached hydrogen (secondary N) is 1. The van der Waals surface area contributed by atoms with Gasteiger partial charge in [-0.3, -0.25) is 4.79 Å². The topological polar surface area (TPSA) is 107 Å². The molecule has 246 valence electrons. The first-order valence-corrected chi connectivity index (χ1v) is 15.2. The summed E-state index contributed by atoms with van der Waals surface area (Å²) in [6.45, 7) is 19.4. The molecule has 0 radical (unpaired) electrons. The summed E-state index contributed by atoms with van der Waals surface area (Å²) < 4.78 is 22.6. The highest BCUT2D eigenvalue weighted by Gasteiger charge is 2.44. The van der Waals surface area contributed by atoms with Crippen molar-refractivity contribution in [3.8, 4) is 0 Å². The van der Waals surface area contributed by atoms with Crippen molar-refractivity contribution in [2.75, 3.05) is 41.1 Å². The zero-order valence-electron chi connectivity index (χ0n) is 28.0. The number of hydrogen-bond donors (Lipinski definition) is 2. The van der Waals surface area contributed by atoms with Crippen LogP contribution in [0.15, 0.2) is 83.5 Å². The zero-order valence-corrected chi connectivity index (χ0v) is 28.0. The van der Waals surface area contributed by atoms with E-state index in [1.165, 1.54) is 14.2 Å². The fraction of sp³-hybridized carbons (Fsp3) is 0.543. The Morgan fingerprint density at radius 1 is 1.25 bits per heavy atom. The summed E-state index contributed by atoms with van der Waals surface area (Å²) in [6, 6.07) is 0. The van der Waals surface area contributed by atoms with Crippen LogP contribution >= 0.6 is 0 Å². The number of methoxy groups -OCH3 is 2. The van der Waals surface area contributed by atoms with Gasteiger partial charge in [-0.25, -0.2) is 4.79 Å². The Morgan fingerprint density at radius 2 is 1.95 bits per heavy atom. The minimum Gasteiger partial charge on any atom is -0.497 e. The highest BCUT2D eigenvalue weighted by Crippen LogP contribution is 2.33. The minimum atomic E-state index is -2.13. The Balaban J connectivity index is 3.64. The molecule has 9 heteroatoms. The maximum Gasteiger partial charge on any atom is 0.339 e. The molecule has 0 amide bonds. The number of carbonyl (C=O) groups excluding carboxylic acids is 2. The molecule has 1 rings (SSSR count). The largest absolute Gasteiger partial charge is 0.497 e. The number of esters is 2. The zero-order chi connectivity index (χ0) is 33.3. The van der Waals surface area contributed by atoms with Gasteiger partial charge in [-0.2, -0.15) is 0 Å². The van der Waals surface area contributed by atoms with E-state index in [-0.39, 0.29) is 6.42 Å². The second-order valence-corrected chi connectivity index (χ2v) is 11.0. The van der Waals surface area contributed by atoms with Gasteiger partial charge >= 0.3 is 11.9 Å². The molecule has 0 saturated carbocycles. The van der Waals surface area contributed by atoms with Crippen LogP contribution in [0.4, 0.5) is 0 Å². The first-order valence-electron chi connectivity index (χ1n) is 15.2. The summed E-state index contributed by atoms with van der Waals surface area (Å²) >= 11 is 0. The number of nitrogens with zero attached hydrogens (tertiary/aromatic N) is 1. The summed E-state index contributed by atoms with van der Waals surface area (Å²) in [7, 11) is 4.73. The van der Waals surface area contributed by atoms with Crippen LogP contribution in [0.2, 0.25) is 0 Å². The van der Waals surface area contributed by atoms with Crippen LogP contribution in [0.3, 0.4) is 0 Å². The van der Waals surface area contributed by atoms with Crippen LogP contribution in [-0.2, 0) is 28.5 Å². The van der Waals surface area contributed by atoms with Crippen LogP contribution in [0.5, 0.6) is 0 Å². The van der Waals surface area contributed by atoms with Gasteiger partial charge in [0, 0.05) is 12.5 Å². The van der Waals surface area contributed by atoms with Crippen molar-refractivity contribution in [3.63, 3.8) is 0 Å². The smallest absolute Gasteiger partial charge is 0.339 e. The van der Waals surface area contributed by atoms with Crippen molar-refractivity contribution in [1.82, 2.24) is 10.2 Å². The third-order valence-corrected chi connectivity index (χ3v) is 7.49. The van der Waals surface area contributed by atoms with Crippen molar-refractivity contribution >= 4 is 11.9 Å². The highest BCUT2D eigenvalue weighted by atomic mass is 16.6. The molecule has 3 atom stereocenters. The number of hydrogen-bond acceptors (Lipinski definition) is 9. The SMILES string of the molecule is C=C/C(=C\C=C/C)CCC[C@@](O)(CC(=O)OC)C(=O)OC(/C(=C\C)OC)C(CN(C)CCC)/C(=C/C1=C(C)NCO1)C(=C)C. The van der Waals surface area contributed by atoms with E-state index < -0.39 is 36.0 Å². The van der Waals surface area contributed by atoms with Crippen LogP contribution < -0.4 is 5.32 Å². The van der Waals surface area contributed by atoms with Gasteiger partial charge in [-0.05, 0) is 90.3 Å². The molecule has 0 aliphatic carbocycles. The molecule has 0 bridgehead atoms. The third-order valence-electron chi connectivity index (χ3n) is 7.49. The van der Waals surface area contributed by atoms with Crippen LogP contribution in [0.1, 0.15) is 66.7 Å². The van der Waals surface area contributed by atoms with E-state index in [1.807, 2.05) is 52.1 Å². The molecule has 2 unspecified atom stereocenters. The van der Waals surface area contributed by atoms with Crippen molar-refractivity contribution in [2.45, 2.75) is 78.4 Å². The Bertz CT molecular complexity index is 1150. The molecule has 0 aromatic rings. The lowest BCUT2D eigenvalue weighted by atomic mass is 9.85. The predicted octanol–water partition coefficient (Wildman–Crippen LogP) is 5.87. The number of allylic oxidation sites excluding steroid dienone is 9.